The van der Waals surface area contributed by atoms with Crippen LogP contribution in [0.2, 0.25) is 0 Å². The van der Waals surface area contributed by atoms with Gasteiger partial charge in [0.1, 0.15) is 5.76 Å². The maximum absolute atomic E-state index is 13.1. The van der Waals surface area contributed by atoms with Gasteiger partial charge in [-0.3, -0.25) is 4.79 Å². The summed E-state index contributed by atoms with van der Waals surface area (Å²) in [6, 6.07) is 10.1. The van der Waals surface area contributed by atoms with Crippen LogP contribution in [0.1, 0.15) is 79.2 Å². The van der Waals surface area contributed by atoms with E-state index in [2.05, 4.69) is 28.4 Å². The van der Waals surface area contributed by atoms with Crippen LogP contribution in [-0.2, 0) is 4.74 Å². The molecular weight excluding hydrogens is 392 g/mol. The van der Waals surface area contributed by atoms with Gasteiger partial charge in [0.05, 0.1) is 17.0 Å². The topological polar surface area (TPSA) is 74.9 Å². The Morgan fingerprint density at radius 2 is 1.81 bits per heavy atom. The van der Waals surface area contributed by atoms with Gasteiger partial charge in [0.2, 0.25) is 0 Å². The second kappa shape index (κ2) is 8.32. The fourth-order valence-electron chi connectivity index (χ4n) is 4.69. The lowest BCUT2D eigenvalue weighted by Gasteiger charge is -2.38. The van der Waals surface area contributed by atoms with E-state index in [1.807, 2.05) is 13.0 Å². The van der Waals surface area contributed by atoms with Crippen molar-refractivity contribution >= 4 is 17.3 Å². The number of nitrogens with one attached hydrogen (secondary N) is 1. The maximum Gasteiger partial charge on any atom is 0.291 e. The molecule has 1 amide bonds. The van der Waals surface area contributed by atoms with Crippen molar-refractivity contribution in [1.82, 2.24) is 0 Å². The highest BCUT2D eigenvalue weighted by Gasteiger charge is 2.30. The molecule has 0 bridgehead atoms. The second-order valence-electron chi connectivity index (χ2n) is 9.58. The predicted molar refractivity (Wildman–Crippen MR) is 120 cm³/mol. The Balaban J connectivity index is 1.35. The number of piperidine rings is 1. The van der Waals surface area contributed by atoms with Gasteiger partial charge in [-0.1, -0.05) is 6.07 Å². The molecule has 1 aromatic carbocycles. The highest BCUT2D eigenvalue weighted by molar-refractivity contribution is 6.04. The van der Waals surface area contributed by atoms with Crippen molar-refractivity contribution in [2.24, 2.45) is 0 Å². The van der Waals surface area contributed by atoms with Gasteiger partial charge in [0, 0.05) is 32.2 Å². The summed E-state index contributed by atoms with van der Waals surface area (Å²) < 4.78 is 11.4. The molecule has 6 nitrogen and oxygen atoms in total. The number of furan rings is 1. The fourth-order valence-corrected chi connectivity index (χ4v) is 4.69. The van der Waals surface area contributed by atoms with Gasteiger partial charge in [-0.25, -0.2) is 0 Å². The minimum absolute atomic E-state index is 0.212. The Morgan fingerprint density at radius 3 is 2.52 bits per heavy atom. The Morgan fingerprint density at radius 1 is 1.06 bits per heavy atom. The second-order valence-corrected chi connectivity index (χ2v) is 9.58. The van der Waals surface area contributed by atoms with Crippen molar-refractivity contribution in [3.63, 3.8) is 0 Å². The lowest BCUT2D eigenvalue weighted by atomic mass is 9.93. The number of hydrogen-bond acceptors (Lipinski definition) is 5. The molecule has 1 aromatic heterocycles. The molecule has 0 unspecified atom stereocenters. The molecule has 3 fully saturated rings. The zero-order valence-corrected chi connectivity index (χ0v) is 18.2. The molecule has 31 heavy (non-hydrogen) atoms. The first kappa shape index (κ1) is 20.6. The Kier molecular flexibility index (Phi) is 5.52. The summed E-state index contributed by atoms with van der Waals surface area (Å²) in [5.74, 6) is 1.95. The quantitative estimate of drug-likeness (QED) is 0.731. The van der Waals surface area contributed by atoms with Crippen LogP contribution < -0.4 is 10.2 Å². The third kappa shape index (κ3) is 4.65. The summed E-state index contributed by atoms with van der Waals surface area (Å²) in [6.45, 7) is 4.93. The summed E-state index contributed by atoms with van der Waals surface area (Å²) in [5, 5.41) is 13.4. The molecule has 3 heterocycles. The third-order valence-corrected chi connectivity index (χ3v) is 6.97. The minimum atomic E-state index is -0.609. The fraction of sp³-hybridized carbons (Fsp3) is 0.560. The average Bonchev–Trinajstić information content (AvgIpc) is 3.50. The van der Waals surface area contributed by atoms with Gasteiger partial charge in [0.25, 0.3) is 5.91 Å². The van der Waals surface area contributed by atoms with Crippen LogP contribution in [0.15, 0.2) is 34.7 Å². The number of amides is 1. The van der Waals surface area contributed by atoms with Crippen molar-refractivity contribution in [2.75, 3.05) is 36.5 Å². The zero-order valence-electron chi connectivity index (χ0n) is 18.2. The van der Waals surface area contributed by atoms with Crippen molar-refractivity contribution < 1.29 is 19.1 Å². The smallest absolute Gasteiger partial charge is 0.291 e. The zero-order chi connectivity index (χ0) is 21.4. The standard InChI is InChI=1S/C25H32N2O4/c1-25(29)10-12-27(13-11-25)21-5-4-19(17-2-3-17)16-20(21)26-24(28)23-7-6-22(31-23)18-8-14-30-15-9-18/h4-7,16-18,29H,2-3,8-15H2,1H3,(H,26,28). The molecule has 0 radical (unpaired) electrons. The summed E-state index contributed by atoms with van der Waals surface area (Å²) in [4.78, 5) is 15.3. The normalized spacial score (nSPS) is 21.8. The summed E-state index contributed by atoms with van der Waals surface area (Å²) in [6.07, 6.45) is 5.73. The van der Waals surface area contributed by atoms with E-state index in [-0.39, 0.29) is 5.91 Å². The van der Waals surface area contributed by atoms with Gasteiger partial charge in [-0.05, 0) is 81.2 Å². The lowest BCUT2D eigenvalue weighted by molar-refractivity contribution is 0.0351. The molecule has 1 aliphatic carbocycles. The Hall–Kier alpha value is -2.31. The van der Waals surface area contributed by atoms with Gasteiger partial charge in [-0.15, -0.1) is 0 Å². The number of hydrogen-bond donors (Lipinski definition) is 2. The van der Waals surface area contributed by atoms with Crippen LogP contribution >= 0.6 is 0 Å². The van der Waals surface area contributed by atoms with Gasteiger partial charge in [-0.2, -0.15) is 0 Å². The van der Waals surface area contributed by atoms with Crippen LogP contribution in [0.5, 0.6) is 0 Å². The molecule has 3 aliphatic rings. The van der Waals surface area contributed by atoms with E-state index >= 15 is 0 Å². The molecule has 5 rings (SSSR count). The highest BCUT2D eigenvalue weighted by atomic mass is 16.5. The largest absolute Gasteiger partial charge is 0.456 e. The van der Waals surface area contributed by atoms with Gasteiger partial charge in [0.15, 0.2) is 5.76 Å². The van der Waals surface area contributed by atoms with E-state index in [9.17, 15) is 9.90 Å². The average molecular weight is 425 g/mol. The van der Waals surface area contributed by atoms with Crippen LogP contribution in [0.3, 0.4) is 0 Å². The summed E-state index contributed by atoms with van der Waals surface area (Å²) in [7, 11) is 0. The van der Waals surface area contributed by atoms with E-state index in [1.165, 1.54) is 18.4 Å². The summed E-state index contributed by atoms with van der Waals surface area (Å²) >= 11 is 0. The number of anilines is 2. The molecule has 1 saturated carbocycles. The molecule has 166 valence electrons. The maximum atomic E-state index is 13.1. The molecule has 2 saturated heterocycles. The Bertz CT molecular complexity index is 931. The highest BCUT2D eigenvalue weighted by Crippen LogP contribution is 2.43. The molecular formula is C25H32N2O4. The third-order valence-electron chi connectivity index (χ3n) is 6.97. The predicted octanol–water partition coefficient (Wildman–Crippen LogP) is 4.65. The van der Waals surface area contributed by atoms with Crippen molar-refractivity contribution in [2.45, 2.75) is 62.9 Å². The molecule has 0 spiro atoms. The summed E-state index contributed by atoms with van der Waals surface area (Å²) in [5.41, 5.74) is 2.53. The number of benzene rings is 1. The van der Waals surface area contributed by atoms with Gasteiger partial charge < -0.3 is 24.5 Å². The number of carbonyl (C=O) groups is 1. The van der Waals surface area contributed by atoms with E-state index in [1.54, 1.807) is 6.07 Å². The number of carbonyl (C=O) groups excluding carboxylic acids is 1. The van der Waals surface area contributed by atoms with E-state index < -0.39 is 5.60 Å². The number of aliphatic hydroxyl groups is 1. The lowest BCUT2D eigenvalue weighted by Crippen LogP contribution is -2.42. The Labute approximate surface area is 183 Å². The molecule has 2 aromatic rings. The van der Waals surface area contributed by atoms with Crippen LogP contribution in [-0.4, -0.2) is 42.9 Å². The number of nitrogens with zero attached hydrogens (tertiary/aromatic N) is 1. The molecule has 2 N–H and O–H groups in total. The van der Waals surface area contributed by atoms with Crippen molar-refractivity contribution in [3.8, 4) is 0 Å². The first-order valence-electron chi connectivity index (χ1n) is 11.6. The first-order chi connectivity index (χ1) is 15.0. The molecule has 6 heteroatoms. The minimum Gasteiger partial charge on any atom is -0.456 e. The van der Waals surface area contributed by atoms with E-state index in [0.717, 1.165) is 69.1 Å². The molecule has 0 atom stereocenters. The van der Waals surface area contributed by atoms with Crippen molar-refractivity contribution in [3.05, 3.63) is 47.4 Å². The number of rotatable bonds is 5. The van der Waals surface area contributed by atoms with Crippen LogP contribution in [0.25, 0.3) is 0 Å². The van der Waals surface area contributed by atoms with E-state index in [4.69, 9.17) is 9.15 Å². The molecule has 2 aliphatic heterocycles. The van der Waals surface area contributed by atoms with E-state index in [0.29, 0.717) is 17.6 Å². The monoisotopic (exact) mass is 424 g/mol. The van der Waals surface area contributed by atoms with Gasteiger partial charge >= 0.3 is 0 Å². The van der Waals surface area contributed by atoms with Crippen LogP contribution in [0, 0.1) is 0 Å². The SMILES string of the molecule is CC1(O)CCN(c2ccc(C3CC3)cc2NC(=O)c2ccc(C3CCOCC3)o2)CC1. The number of ether oxygens (including phenoxy) is 1. The van der Waals surface area contributed by atoms with Crippen molar-refractivity contribution in [1.29, 1.82) is 0 Å². The van der Waals surface area contributed by atoms with Crippen LogP contribution in [0.4, 0.5) is 11.4 Å². The first-order valence-corrected chi connectivity index (χ1v) is 11.6.